The van der Waals surface area contributed by atoms with Crippen LogP contribution < -0.4 is 5.73 Å². The lowest BCUT2D eigenvalue weighted by Crippen LogP contribution is -2.17. The number of hydrogen-bond acceptors (Lipinski definition) is 3. The second-order valence-corrected chi connectivity index (χ2v) is 6.57. The molecule has 1 atom stereocenters. The fourth-order valence-corrected chi connectivity index (χ4v) is 3.71. The van der Waals surface area contributed by atoms with E-state index in [9.17, 15) is 5.26 Å². The molecule has 0 aliphatic carbocycles. The molecule has 0 unspecified atom stereocenters. The van der Waals surface area contributed by atoms with Gasteiger partial charge in [-0.3, -0.25) is 0 Å². The molecule has 1 aliphatic rings. The maximum atomic E-state index is 9.83. The maximum absolute atomic E-state index is 9.83. The van der Waals surface area contributed by atoms with Crippen LogP contribution in [0, 0.1) is 11.3 Å². The first-order valence-electron chi connectivity index (χ1n) is 8.94. The molecule has 0 bridgehead atoms. The van der Waals surface area contributed by atoms with E-state index in [4.69, 9.17) is 10.5 Å². The summed E-state index contributed by atoms with van der Waals surface area (Å²) in [5.41, 5.74) is 10.9. The summed E-state index contributed by atoms with van der Waals surface area (Å²) in [6.45, 7) is 1.46. The van der Waals surface area contributed by atoms with Crippen LogP contribution in [0.1, 0.15) is 18.4 Å². The molecule has 1 fully saturated rings. The standard InChI is InChI=1S/C22H21N3O/c23-14-19-20(16-8-3-1-4-9-16)21(17-10-5-2-6-11-17)25(22(19)24)15-18-12-7-13-26-18/h1-6,8-11,18H,7,12-13,15,24H2/t18-/m0/s1. The highest BCUT2D eigenvalue weighted by Crippen LogP contribution is 2.40. The Bertz CT molecular complexity index is 933. The Morgan fingerprint density at radius 3 is 2.27 bits per heavy atom. The molecule has 2 aromatic carbocycles. The average molecular weight is 343 g/mol. The Balaban J connectivity index is 1.96. The van der Waals surface area contributed by atoms with Crippen LogP contribution in [0.5, 0.6) is 0 Å². The van der Waals surface area contributed by atoms with Gasteiger partial charge in [0.15, 0.2) is 0 Å². The predicted molar refractivity (Wildman–Crippen MR) is 103 cm³/mol. The highest BCUT2D eigenvalue weighted by Gasteiger charge is 2.26. The Kier molecular flexibility index (Phi) is 4.47. The van der Waals surface area contributed by atoms with Crippen molar-refractivity contribution in [2.75, 3.05) is 12.3 Å². The molecule has 0 radical (unpaired) electrons. The minimum absolute atomic E-state index is 0.141. The second-order valence-electron chi connectivity index (χ2n) is 6.57. The zero-order valence-electron chi connectivity index (χ0n) is 14.6. The quantitative estimate of drug-likeness (QED) is 0.761. The van der Waals surface area contributed by atoms with Gasteiger partial charge in [-0.05, 0) is 24.0 Å². The average Bonchev–Trinajstić information content (AvgIpc) is 3.30. The lowest BCUT2D eigenvalue weighted by molar-refractivity contribution is 0.0979. The summed E-state index contributed by atoms with van der Waals surface area (Å²) in [6, 6.07) is 22.5. The molecule has 4 nitrogen and oxygen atoms in total. The van der Waals surface area contributed by atoms with Crippen molar-refractivity contribution < 1.29 is 4.74 Å². The Morgan fingerprint density at radius 1 is 1.04 bits per heavy atom. The number of anilines is 1. The van der Waals surface area contributed by atoms with Crippen molar-refractivity contribution in [3.8, 4) is 28.5 Å². The maximum Gasteiger partial charge on any atom is 0.122 e. The van der Waals surface area contributed by atoms with Gasteiger partial charge in [0, 0.05) is 12.2 Å². The van der Waals surface area contributed by atoms with Crippen molar-refractivity contribution >= 4 is 5.82 Å². The summed E-state index contributed by atoms with van der Waals surface area (Å²) in [6.07, 6.45) is 2.24. The Hall–Kier alpha value is -3.03. The number of ether oxygens (including phenoxy) is 1. The van der Waals surface area contributed by atoms with Crippen molar-refractivity contribution in [3.05, 3.63) is 66.2 Å². The van der Waals surface area contributed by atoms with Crippen molar-refractivity contribution in [1.29, 1.82) is 5.26 Å². The topological polar surface area (TPSA) is 64.0 Å². The first-order chi connectivity index (χ1) is 12.8. The highest BCUT2D eigenvalue weighted by molar-refractivity contribution is 5.90. The third-order valence-corrected chi connectivity index (χ3v) is 4.94. The first kappa shape index (κ1) is 16.4. The van der Waals surface area contributed by atoms with E-state index in [1.165, 1.54) is 0 Å². The number of nitrogens with two attached hydrogens (primary N) is 1. The molecule has 4 rings (SSSR count). The normalized spacial score (nSPS) is 16.5. The van der Waals surface area contributed by atoms with E-state index in [0.717, 1.165) is 41.8 Å². The van der Waals surface area contributed by atoms with E-state index in [0.29, 0.717) is 17.9 Å². The number of hydrogen-bond donors (Lipinski definition) is 1. The van der Waals surface area contributed by atoms with Gasteiger partial charge in [0.2, 0.25) is 0 Å². The van der Waals surface area contributed by atoms with Gasteiger partial charge in [-0.15, -0.1) is 0 Å². The van der Waals surface area contributed by atoms with Gasteiger partial charge in [-0.1, -0.05) is 60.7 Å². The summed E-state index contributed by atoms with van der Waals surface area (Å²) >= 11 is 0. The highest BCUT2D eigenvalue weighted by atomic mass is 16.5. The van der Waals surface area contributed by atoms with Crippen LogP contribution in [-0.4, -0.2) is 17.3 Å². The molecule has 1 aromatic heterocycles. The number of aromatic nitrogens is 1. The summed E-state index contributed by atoms with van der Waals surface area (Å²) in [5, 5.41) is 9.83. The van der Waals surface area contributed by atoms with Crippen molar-refractivity contribution in [2.24, 2.45) is 0 Å². The molecule has 4 heteroatoms. The molecule has 2 N–H and O–H groups in total. The number of nitrogen functional groups attached to an aromatic ring is 1. The molecular formula is C22H21N3O. The number of nitriles is 1. The van der Waals surface area contributed by atoms with Gasteiger partial charge in [-0.2, -0.15) is 5.26 Å². The first-order valence-corrected chi connectivity index (χ1v) is 8.94. The van der Waals surface area contributed by atoms with Gasteiger partial charge in [0.25, 0.3) is 0 Å². The lowest BCUT2D eigenvalue weighted by Gasteiger charge is -2.17. The van der Waals surface area contributed by atoms with Crippen LogP contribution in [0.2, 0.25) is 0 Å². The van der Waals surface area contributed by atoms with Gasteiger partial charge < -0.3 is 15.0 Å². The number of benzene rings is 2. The summed E-state index contributed by atoms with van der Waals surface area (Å²) < 4.78 is 7.89. The van der Waals surface area contributed by atoms with E-state index >= 15 is 0 Å². The van der Waals surface area contributed by atoms with Gasteiger partial charge in [0.05, 0.1) is 18.3 Å². The molecule has 0 amide bonds. The van der Waals surface area contributed by atoms with E-state index in [2.05, 4.69) is 22.8 Å². The zero-order valence-corrected chi connectivity index (χ0v) is 14.6. The van der Waals surface area contributed by atoms with Gasteiger partial charge in [0.1, 0.15) is 17.5 Å². The smallest absolute Gasteiger partial charge is 0.122 e. The van der Waals surface area contributed by atoms with Crippen LogP contribution in [-0.2, 0) is 11.3 Å². The third kappa shape index (κ3) is 2.87. The number of rotatable bonds is 4. The minimum atomic E-state index is 0.141. The molecule has 2 heterocycles. The van der Waals surface area contributed by atoms with Gasteiger partial charge >= 0.3 is 0 Å². The lowest BCUT2D eigenvalue weighted by atomic mass is 9.98. The molecule has 130 valence electrons. The molecule has 1 saturated heterocycles. The predicted octanol–water partition coefficient (Wildman–Crippen LogP) is 4.45. The van der Waals surface area contributed by atoms with Crippen LogP contribution in [0.4, 0.5) is 5.82 Å². The largest absolute Gasteiger partial charge is 0.384 e. The zero-order chi connectivity index (χ0) is 17.9. The minimum Gasteiger partial charge on any atom is -0.384 e. The number of nitrogens with zero attached hydrogens (tertiary/aromatic N) is 2. The van der Waals surface area contributed by atoms with E-state index in [1.54, 1.807) is 0 Å². The van der Waals surface area contributed by atoms with Crippen molar-refractivity contribution in [3.63, 3.8) is 0 Å². The Morgan fingerprint density at radius 2 is 1.69 bits per heavy atom. The van der Waals surface area contributed by atoms with E-state index < -0.39 is 0 Å². The molecular weight excluding hydrogens is 322 g/mol. The van der Waals surface area contributed by atoms with Crippen molar-refractivity contribution in [2.45, 2.75) is 25.5 Å². The SMILES string of the molecule is N#Cc1c(-c2ccccc2)c(-c2ccccc2)n(C[C@@H]2CCCO2)c1N. The monoisotopic (exact) mass is 343 g/mol. The fourth-order valence-electron chi connectivity index (χ4n) is 3.71. The van der Waals surface area contributed by atoms with Crippen LogP contribution in [0.15, 0.2) is 60.7 Å². The van der Waals surface area contributed by atoms with Crippen molar-refractivity contribution in [1.82, 2.24) is 4.57 Å². The van der Waals surface area contributed by atoms with E-state index in [1.807, 2.05) is 48.5 Å². The third-order valence-electron chi connectivity index (χ3n) is 4.94. The summed E-state index contributed by atoms with van der Waals surface area (Å²) in [5.74, 6) is 0.515. The Labute approximate surface area is 153 Å². The molecule has 26 heavy (non-hydrogen) atoms. The van der Waals surface area contributed by atoms with Crippen LogP contribution in [0.25, 0.3) is 22.4 Å². The molecule has 0 spiro atoms. The molecule has 0 saturated carbocycles. The van der Waals surface area contributed by atoms with Gasteiger partial charge in [-0.25, -0.2) is 0 Å². The molecule has 3 aromatic rings. The fraction of sp³-hybridized carbons (Fsp3) is 0.227. The summed E-state index contributed by atoms with van der Waals surface area (Å²) in [4.78, 5) is 0. The summed E-state index contributed by atoms with van der Waals surface area (Å²) in [7, 11) is 0. The van der Waals surface area contributed by atoms with Crippen LogP contribution in [0.3, 0.4) is 0 Å². The second kappa shape index (κ2) is 7.07. The van der Waals surface area contributed by atoms with E-state index in [-0.39, 0.29) is 6.10 Å². The van der Waals surface area contributed by atoms with Crippen LogP contribution >= 0.6 is 0 Å². The molecule has 1 aliphatic heterocycles.